The second-order valence-corrected chi connectivity index (χ2v) is 5.74. The van der Waals surface area contributed by atoms with Gasteiger partial charge in [-0.25, -0.2) is 0 Å². The van der Waals surface area contributed by atoms with Crippen molar-refractivity contribution in [3.63, 3.8) is 0 Å². The molecule has 1 aliphatic heterocycles. The fourth-order valence-electron chi connectivity index (χ4n) is 2.77. The van der Waals surface area contributed by atoms with E-state index in [-0.39, 0.29) is 0 Å². The van der Waals surface area contributed by atoms with Crippen LogP contribution in [-0.2, 0) is 6.42 Å². The molecular weight excluding hydrogens is 296 g/mol. The lowest BCUT2D eigenvalue weighted by molar-refractivity contribution is 0.349. The summed E-state index contributed by atoms with van der Waals surface area (Å²) in [5.41, 5.74) is 2.58. The Kier molecular flexibility index (Phi) is 7.34. The van der Waals surface area contributed by atoms with E-state index in [1.54, 1.807) is 0 Å². The number of benzene rings is 2. The van der Waals surface area contributed by atoms with E-state index >= 15 is 0 Å². The predicted octanol–water partition coefficient (Wildman–Crippen LogP) is 4.76. The van der Waals surface area contributed by atoms with Gasteiger partial charge >= 0.3 is 0 Å². The number of hydrogen-bond acceptors (Lipinski definition) is 2. The summed E-state index contributed by atoms with van der Waals surface area (Å²) in [5.74, 6) is 1.42. The summed E-state index contributed by atoms with van der Waals surface area (Å²) in [4.78, 5) is 2.10. The van der Waals surface area contributed by atoms with Gasteiger partial charge in [-0.1, -0.05) is 56.3 Å². The lowest BCUT2D eigenvalue weighted by atomic mass is 10.1. The van der Waals surface area contributed by atoms with Crippen molar-refractivity contribution in [2.24, 2.45) is 0 Å². The Morgan fingerprint density at radius 1 is 0.917 bits per heavy atom. The molecule has 1 aliphatic rings. The molecule has 0 saturated carbocycles. The Morgan fingerprint density at radius 3 is 2.12 bits per heavy atom. The Balaban J connectivity index is 0.00000100. The maximum atomic E-state index is 8.03. The maximum absolute atomic E-state index is 8.03. The summed E-state index contributed by atoms with van der Waals surface area (Å²) < 4.78 is 5.72. The highest BCUT2D eigenvalue weighted by molar-refractivity contribution is 5.80. The third kappa shape index (κ3) is 5.41. The van der Waals surface area contributed by atoms with Gasteiger partial charge in [0.25, 0.3) is 0 Å². The van der Waals surface area contributed by atoms with E-state index < -0.39 is 0 Å². The van der Waals surface area contributed by atoms with Gasteiger partial charge in [0.2, 0.25) is 0 Å². The minimum absolute atomic E-state index is 0.359. The molecule has 0 bridgehead atoms. The summed E-state index contributed by atoms with van der Waals surface area (Å²) >= 11 is 0. The third-order valence-electron chi connectivity index (χ3n) is 4.04. The molecule has 0 radical (unpaired) electrons. The molecule has 2 aromatic carbocycles. The SMILES string of the molecule is CC.N=C(COc1ccc(Cc2ccccc2)cc1)N1CCCC1. The van der Waals surface area contributed by atoms with Gasteiger partial charge in [0.05, 0.1) is 0 Å². The average Bonchev–Trinajstić information content (AvgIpc) is 3.18. The van der Waals surface area contributed by atoms with Crippen molar-refractivity contribution in [3.8, 4) is 5.75 Å². The van der Waals surface area contributed by atoms with E-state index in [0.717, 1.165) is 25.3 Å². The smallest absolute Gasteiger partial charge is 0.145 e. The van der Waals surface area contributed by atoms with Crippen molar-refractivity contribution in [2.75, 3.05) is 19.7 Å². The molecule has 2 aromatic rings. The second kappa shape index (κ2) is 9.76. The zero-order chi connectivity index (χ0) is 17.2. The standard InChI is InChI=1S/C19H22N2O.C2H6/c20-19(21-12-4-5-13-21)15-22-18-10-8-17(9-11-18)14-16-6-2-1-3-7-16;1-2/h1-3,6-11,20H,4-5,12-15H2;1-2H3. The van der Waals surface area contributed by atoms with Crippen LogP contribution in [0.4, 0.5) is 0 Å². The normalized spacial score (nSPS) is 13.2. The van der Waals surface area contributed by atoms with Crippen LogP contribution in [-0.4, -0.2) is 30.4 Å². The van der Waals surface area contributed by atoms with Crippen LogP contribution in [0.3, 0.4) is 0 Å². The van der Waals surface area contributed by atoms with Gasteiger partial charge in [-0.15, -0.1) is 0 Å². The Hall–Kier alpha value is -2.29. The van der Waals surface area contributed by atoms with Crippen LogP contribution in [0.2, 0.25) is 0 Å². The van der Waals surface area contributed by atoms with Gasteiger partial charge in [0.1, 0.15) is 18.2 Å². The van der Waals surface area contributed by atoms with Gasteiger partial charge in [0.15, 0.2) is 0 Å². The number of rotatable bonds is 5. The van der Waals surface area contributed by atoms with E-state index in [0.29, 0.717) is 12.4 Å². The maximum Gasteiger partial charge on any atom is 0.145 e. The lowest BCUT2D eigenvalue weighted by Crippen LogP contribution is -2.31. The van der Waals surface area contributed by atoms with Crippen molar-refractivity contribution >= 4 is 5.84 Å². The van der Waals surface area contributed by atoms with Crippen LogP contribution >= 0.6 is 0 Å². The molecule has 1 heterocycles. The summed E-state index contributed by atoms with van der Waals surface area (Å²) in [6, 6.07) is 18.6. The van der Waals surface area contributed by atoms with Crippen molar-refractivity contribution in [1.29, 1.82) is 5.41 Å². The summed E-state index contributed by atoms with van der Waals surface area (Å²) in [6.07, 6.45) is 3.32. The first kappa shape index (κ1) is 18.1. The summed E-state index contributed by atoms with van der Waals surface area (Å²) in [7, 11) is 0. The summed E-state index contributed by atoms with van der Waals surface area (Å²) in [5, 5.41) is 8.03. The van der Waals surface area contributed by atoms with Gasteiger partial charge in [0, 0.05) is 13.1 Å². The first-order chi connectivity index (χ1) is 11.8. The van der Waals surface area contributed by atoms with Gasteiger partial charge in [-0.3, -0.25) is 5.41 Å². The molecular formula is C21H28N2O. The molecule has 0 aromatic heterocycles. The molecule has 0 spiro atoms. The van der Waals surface area contributed by atoms with E-state index in [4.69, 9.17) is 10.1 Å². The Bertz CT molecular complexity index is 601. The number of nitrogens with zero attached hydrogens (tertiary/aromatic N) is 1. The van der Waals surface area contributed by atoms with Gasteiger partial charge in [-0.05, 0) is 42.5 Å². The fourth-order valence-corrected chi connectivity index (χ4v) is 2.77. The van der Waals surface area contributed by atoms with E-state index in [1.165, 1.54) is 24.0 Å². The van der Waals surface area contributed by atoms with Gasteiger partial charge < -0.3 is 9.64 Å². The van der Waals surface area contributed by atoms with Crippen molar-refractivity contribution in [2.45, 2.75) is 33.1 Å². The predicted molar refractivity (Wildman–Crippen MR) is 101 cm³/mol. The zero-order valence-corrected chi connectivity index (χ0v) is 14.8. The van der Waals surface area contributed by atoms with Crippen LogP contribution in [0, 0.1) is 5.41 Å². The molecule has 0 atom stereocenters. The van der Waals surface area contributed by atoms with E-state index in [2.05, 4.69) is 41.3 Å². The molecule has 3 heteroatoms. The van der Waals surface area contributed by atoms with Crippen LogP contribution in [0.1, 0.15) is 37.8 Å². The molecule has 0 unspecified atom stereocenters. The molecule has 128 valence electrons. The minimum atomic E-state index is 0.359. The number of nitrogens with one attached hydrogen (secondary N) is 1. The van der Waals surface area contributed by atoms with Crippen LogP contribution < -0.4 is 4.74 Å². The number of hydrogen-bond donors (Lipinski definition) is 1. The molecule has 24 heavy (non-hydrogen) atoms. The fraction of sp³-hybridized carbons (Fsp3) is 0.381. The first-order valence-electron chi connectivity index (χ1n) is 8.89. The molecule has 0 amide bonds. The highest BCUT2D eigenvalue weighted by atomic mass is 16.5. The molecule has 1 N–H and O–H groups in total. The molecule has 3 nitrogen and oxygen atoms in total. The second-order valence-electron chi connectivity index (χ2n) is 5.74. The average molecular weight is 324 g/mol. The topological polar surface area (TPSA) is 36.3 Å². The van der Waals surface area contributed by atoms with Crippen molar-refractivity contribution < 1.29 is 4.74 Å². The third-order valence-corrected chi connectivity index (χ3v) is 4.04. The van der Waals surface area contributed by atoms with E-state index in [1.807, 2.05) is 32.0 Å². The summed E-state index contributed by atoms with van der Waals surface area (Å²) in [6.45, 7) is 6.36. The van der Waals surface area contributed by atoms with Gasteiger partial charge in [-0.2, -0.15) is 0 Å². The monoisotopic (exact) mass is 324 g/mol. The molecule has 3 rings (SSSR count). The highest BCUT2D eigenvalue weighted by Gasteiger charge is 2.14. The lowest BCUT2D eigenvalue weighted by Gasteiger charge is -2.18. The molecule has 1 fully saturated rings. The zero-order valence-electron chi connectivity index (χ0n) is 14.8. The van der Waals surface area contributed by atoms with Crippen molar-refractivity contribution in [1.82, 2.24) is 4.90 Å². The molecule has 0 aliphatic carbocycles. The highest BCUT2D eigenvalue weighted by Crippen LogP contribution is 2.16. The largest absolute Gasteiger partial charge is 0.486 e. The Labute approximate surface area is 145 Å². The number of likely N-dealkylation sites (tertiary alicyclic amines) is 1. The van der Waals surface area contributed by atoms with Crippen LogP contribution in [0.5, 0.6) is 5.75 Å². The number of ether oxygens (including phenoxy) is 1. The van der Waals surface area contributed by atoms with E-state index in [9.17, 15) is 0 Å². The minimum Gasteiger partial charge on any atom is -0.486 e. The van der Waals surface area contributed by atoms with Crippen LogP contribution in [0.25, 0.3) is 0 Å². The Morgan fingerprint density at radius 2 is 1.50 bits per heavy atom. The first-order valence-corrected chi connectivity index (χ1v) is 8.89. The van der Waals surface area contributed by atoms with Crippen molar-refractivity contribution in [3.05, 3.63) is 65.7 Å². The molecule has 1 saturated heterocycles. The number of amidine groups is 1. The van der Waals surface area contributed by atoms with Crippen LogP contribution in [0.15, 0.2) is 54.6 Å². The quantitative estimate of drug-likeness (QED) is 0.636.